The van der Waals surface area contributed by atoms with Gasteiger partial charge in [0.2, 0.25) is 0 Å². The molecule has 0 spiro atoms. The van der Waals surface area contributed by atoms with Crippen LogP contribution < -0.4 is 0 Å². The standard InChI is InChI=1S/C11H13N5S/c1-7-5-10(15(3)13-7)17-11-9(6-12)8(2)14-16(11)4/h5H,1-4H3. The third-order valence-corrected chi connectivity index (χ3v) is 3.69. The molecule has 0 radical (unpaired) electrons. The van der Waals surface area contributed by atoms with Crippen LogP contribution in [0.4, 0.5) is 0 Å². The number of hydrogen-bond donors (Lipinski definition) is 0. The van der Waals surface area contributed by atoms with Gasteiger partial charge in [0.05, 0.1) is 11.4 Å². The van der Waals surface area contributed by atoms with Crippen molar-refractivity contribution in [2.24, 2.45) is 14.1 Å². The van der Waals surface area contributed by atoms with E-state index in [0.717, 1.165) is 21.4 Å². The Labute approximate surface area is 104 Å². The average Bonchev–Trinajstić information content (AvgIpc) is 2.69. The molecule has 0 unspecified atom stereocenters. The van der Waals surface area contributed by atoms with Crippen LogP contribution in [0.1, 0.15) is 17.0 Å². The van der Waals surface area contributed by atoms with Crippen molar-refractivity contribution in [3.63, 3.8) is 0 Å². The van der Waals surface area contributed by atoms with Crippen molar-refractivity contribution < 1.29 is 0 Å². The SMILES string of the molecule is Cc1cc(Sc2c(C#N)c(C)nn2C)n(C)n1. The maximum atomic E-state index is 9.13. The number of hydrogen-bond acceptors (Lipinski definition) is 4. The van der Waals surface area contributed by atoms with Crippen LogP contribution in [-0.4, -0.2) is 19.6 Å². The van der Waals surface area contributed by atoms with Crippen LogP contribution in [0.2, 0.25) is 0 Å². The molecule has 0 fully saturated rings. The summed E-state index contributed by atoms with van der Waals surface area (Å²) >= 11 is 1.51. The van der Waals surface area contributed by atoms with Crippen LogP contribution in [-0.2, 0) is 14.1 Å². The van der Waals surface area contributed by atoms with Gasteiger partial charge < -0.3 is 0 Å². The smallest absolute Gasteiger partial charge is 0.118 e. The van der Waals surface area contributed by atoms with Gasteiger partial charge in [0.1, 0.15) is 21.7 Å². The third kappa shape index (κ3) is 2.06. The molecule has 2 aromatic heterocycles. The predicted octanol–water partition coefficient (Wildman–Crippen LogP) is 1.79. The normalized spacial score (nSPS) is 10.5. The lowest BCUT2D eigenvalue weighted by Gasteiger charge is -2.02. The number of aryl methyl sites for hydroxylation is 4. The molecule has 0 aliphatic heterocycles. The van der Waals surface area contributed by atoms with E-state index in [9.17, 15) is 0 Å². The minimum Gasteiger partial charge on any atom is -0.261 e. The largest absolute Gasteiger partial charge is 0.261 e. The maximum Gasteiger partial charge on any atom is 0.118 e. The molecule has 0 bridgehead atoms. The summed E-state index contributed by atoms with van der Waals surface area (Å²) in [5.41, 5.74) is 2.36. The van der Waals surface area contributed by atoms with Crippen LogP contribution in [0.15, 0.2) is 16.1 Å². The van der Waals surface area contributed by atoms with Crippen LogP contribution in [0.5, 0.6) is 0 Å². The summed E-state index contributed by atoms with van der Waals surface area (Å²) in [4.78, 5) is 0. The Morgan fingerprint density at radius 3 is 2.47 bits per heavy atom. The van der Waals surface area contributed by atoms with Crippen LogP contribution in [0.25, 0.3) is 0 Å². The van der Waals surface area contributed by atoms with Crippen molar-refractivity contribution >= 4 is 11.8 Å². The third-order valence-electron chi connectivity index (χ3n) is 2.44. The Balaban J connectivity index is 2.43. The highest BCUT2D eigenvalue weighted by Crippen LogP contribution is 2.31. The van der Waals surface area contributed by atoms with Gasteiger partial charge in [-0.2, -0.15) is 15.5 Å². The molecular weight excluding hydrogens is 234 g/mol. The number of nitriles is 1. The van der Waals surface area contributed by atoms with E-state index in [-0.39, 0.29) is 0 Å². The van der Waals surface area contributed by atoms with Crippen molar-refractivity contribution in [2.75, 3.05) is 0 Å². The fourth-order valence-electron chi connectivity index (χ4n) is 1.66. The first-order valence-corrected chi connectivity index (χ1v) is 5.96. The molecule has 5 nitrogen and oxygen atoms in total. The Morgan fingerprint density at radius 2 is 1.94 bits per heavy atom. The molecule has 0 amide bonds. The second-order valence-corrected chi connectivity index (χ2v) is 4.86. The Morgan fingerprint density at radius 1 is 1.24 bits per heavy atom. The van der Waals surface area contributed by atoms with Gasteiger partial charge in [-0.15, -0.1) is 0 Å². The summed E-state index contributed by atoms with van der Waals surface area (Å²) < 4.78 is 3.55. The van der Waals surface area contributed by atoms with Crippen LogP contribution >= 0.6 is 11.8 Å². The van der Waals surface area contributed by atoms with Crippen molar-refractivity contribution in [2.45, 2.75) is 23.9 Å². The Kier molecular flexibility index (Phi) is 2.94. The highest BCUT2D eigenvalue weighted by molar-refractivity contribution is 7.99. The molecule has 0 aliphatic rings. The lowest BCUT2D eigenvalue weighted by atomic mass is 10.3. The number of rotatable bonds is 2. The maximum absolute atomic E-state index is 9.13. The van der Waals surface area contributed by atoms with Gasteiger partial charge in [-0.3, -0.25) is 9.36 Å². The Bertz CT molecular complexity index is 602. The molecular formula is C11H13N5S. The quantitative estimate of drug-likeness (QED) is 0.811. The summed E-state index contributed by atoms with van der Waals surface area (Å²) in [6, 6.07) is 4.19. The van der Waals surface area contributed by atoms with Gasteiger partial charge in [-0.25, -0.2) is 0 Å². The lowest BCUT2D eigenvalue weighted by molar-refractivity contribution is 0.676. The van der Waals surface area contributed by atoms with Gasteiger partial charge in [-0.05, 0) is 31.7 Å². The van der Waals surface area contributed by atoms with Gasteiger partial charge >= 0.3 is 0 Å². The van der Waals surface area contributed by atoms with E-state index in [1.807, 2.05) is 38.7 Å². The van der Waals surface area contributed by atoms with Crippen molar-refractivity contribution in [3.8, 4) is 6.07 Å². The summed E-state index contributed by atoms with van der Waals surface area (Å²) in [6.07, 6.45) is 0. The van der Waals surface area contributed by atoms with Crippen LogP contribution in [0.3, 0.4) is 0 Å². The zero-order chi connectivity index (χ0) is 12.6. The Hall–Kier alpha value is -1.74. The zero-order valence-electron chi connectivity index (χ0n) is 10.2. The molecule has 0 saturated carbocycles. The molecule has 0 N–H and O–H groups in total. The van der Waals surface area contributed by atoms with E-state index in [1.54, 1.807) is 4.68 Å². The summed E-state index contributed by atoms with van der Waals surface area (Å²) in [5, 5.41) is 19.5. The first-order valence-electron chi connectivity index (χ1n) is 5.15. The van der Waals surface area contributed by atoms with E-state index in [2.05, 4.69) is 16.3 Å². The summed E-state index contributed by atoms with van der Waals surface area (Å²) in [5.74, 6) is 0. The molecule has 0 aliphatic carbocycles. The number of nitrogens with zero attached hydrogens (tertiary/aromatic N) is 5. The van der Waals surface area contributed by atoms with E-state index in [1.165, 1.54) is 11.8 Å². The fraction of sp³-hybridized carbons (Fsp3) is 0.364. The van der Waals surface area contributed by atoms with E-state index in [0.29, 0.717) is 5.56 Å². The van der Waals surface area contributed by atoms with Gasteiger partial charge in [-0.1, -0.05) is 0 Å². The highest BCUT2D eigenvalue weighted by atomic mass is 32.2. The molecule has 0 atom stereocenters. The minimum absolute atomic E-state index is 0.636. The zero-order valence-corrected chi connectivity index (χ0v) is 11.0. The fourth-order valence-corrected chi connectivity index (χ4v) is 2.73. The van der Waals surface area contributed by atoms with E-state index < -0.39 is 0 Å². The molecule has 6 heteroatoms. The molecule has 17 heavy (non-hydrogen) atoms. The van der Waals surface area contributed by atoms with Crippen LogP contribution in [0, 0.1) is 25.2 Å². The predicted molar refractivity (Wildman–Crippen MR) is 64.7 cm³/mol. The first-order chi connectivity index (χ1) is 8.02. The minimum atomic E-state index is 0.636. The monoisotopic (exact) mass is 247 g/mol. The second kappa shape index (κ2) is 4.26. The van der Waals surface area contributed by atoms with Gasteiger partial charge in [0, 0.05) is 14.1 Å². The topological polar surface area (TPSA) is 59.4 Å². The molecule has 2 aromatic rings. The first kappa shape index (κ1) is 11.7. The van der Waals surface area contributed by atoms with E-state index in [4.69, 9.17) is 5.26 Å². The highest BCUT2D eigenvalue weighted by Gasteiger charge is 2.15. The van der Waals surface area contributed by atoms with Crippen molar-refractivity contribution in [1.29, 1.82) is 5.26 Å². The van der Waals surface area contributed by atoms with Crippen molar-refractivity contribution in [3.05, 3.63) is 23.0 Å². The second-order valence-electron chi connectivity index (χ2n) is 3.85. The molecule has 2 heterocycles. The molecule has 88 valence electrons. The van der Waals surface area contributed by atoms with Gasteiger partial charge in [0.15, 0.2) is 0 Å². The van der Waals surface area contributed by atoms with E-state index >= 15 is 0 Å². The summed E-state index contributed by atoms with van der Waals surface area (Å²) in [7, 11) is 3.74. The molecule has 2 rings (SSSR count). The lowest BCUT2D eigenvalue weighted by Crippen LogP contribution is -1.96. The van der Waals surface area contributed by atoms with Crippen molar-refractivity contribution in [1.82, 2.24) is 19.6 Å². The summed E-state index contributed by atoms with van der Waals surface area (Å²) in [6.45, 7) is 3.79. The molecule has 0 saturated heterocycles. The molecule has 0 aromatic carbocycles. The number of aromatic nitrogens is 4. The average molecular weight is 247 g/mol. The van der Waals surface area contributed by atoms with Gasteiger partial charge in [0.25, 0.3) is 0 Å².